The molecule has 0 unspecified atom stereocenters. The second-order valence-corrected chi connectivity index (χ2v) is 7.14. The van der Waals surface area contributed by atoms with Crippen LogP contribution in [0.5, 0.6) is 0 Å². The average Bonchev–Trinajstić information content (AvgIpc) is 3.30. The van der Waals surface area contributed by atoms with Gasteiger partial charge >= 0.3 is 0 Å². The number of amides is 1. The molecule has 1 aromatic heterocycles. The highest BCUT2D eigenvalue weighted by Gasteiger charge is 2.26. The summed E-state index contributed by atoms with van der Waals surface area (Å²) in [5.41, 5.74) is 3.79. The molecule has 1 aromatic carbocycles. The maximum absolute atomic E-state index is 12.9. The molecule has 4 nitrogen and oxygen atoms in total. The first-order valence-corrected chi connectivity index (χ1v) is 9.44. The molecule has 25 heavy (non-hydrogen) atoms. The Morgan fingerprint density at radius 3 is 2.64 bits per heavy atom. The summed E-state index contributed by atoms with van der Waals surface area (Å²) in [6, 6.07) is 10.4. The maximum Gasteiger partial charge on any atom is 0.289 e. The van der Waals surface area contributed by atoms with Crippen molar-refractivity contribution in [2.45, 2.75) is 45.7 Å². The van der Waals surface area contributed by atoms with Gasteiger partial charge in [-0.25, -0.2) is 0 Å². The quantitative estimate of drug-likeness (QED) is 0.854. The molecule has 4 heteroatoms. The summed E-state index contributed by atoms with van der Waals surface area (Å²) in [4.78, 5) is 17.3. The van der Waals surface area contributed by atoms with E-state index in [2.05, 4.69) is 30.0 Å². The van der Waals surface area contributed by atoms with Gasteiger partial charge in [-0.3, -0.25) is 9.69 Å². The molecule has 0 bridgehead atoms. The van der Waals surface area contributed by atoms with Crippen molar-refractivity contribution in [2.75, 3.05) is 19.6 Å². The van der Waals surface area contributed by atoms with E-state index in [4.69, 9.17) is 4.42 Å². The standard InChI is InChI=1S/C21H26N2O2/c1-2-19-18(14-22-10-5-6-11-22)13-20(25-19)21(24)23-12-9-16-7-3-4-8-17(16)15-23/h3-4,7-8,13H,2,5-6,9-12,14-15H2,1H3. The predicted molar refractivity (Wildman–Crippen MR) is 97.5 cm³/mol. The lowest BCUT2D eigenvalue weighted by molar-refractivity contribution is 0.0700. The van der Waals surface area contributed by atoms with Crippen molar-refractivity contribution in [2.24, 2.45) is 0 Å². The van der Waals surface area contributed by atoms with Crippen LogP contribution in [0.3, 0.4) is 0 Å². The van der Waals surface area contributed by atoms with Crippen LogP contribution in [0, 0.1) is 0 Å². The van der Waals surface area contributed by atoms with Gasteiger partial charge in [-0.2, -0.15) is 0 Å². The van der Waals surface area contributed by atoms with Crippen LogP contribution >= 0.6 is 0 Å². The lowest BCUT2D eigenvalue weighted by Gasteiger charge is -2.28. The molecular weight excluding hydrogens is 312 g/mol. The molecule has 4 rings (SSSR count). The van der Waals surface area contributed by atoms with E-state index in [1.54, 1.807) is 0 Å². The molecule has 0 saturated carbocycles. The number of benzene rings is 1. The Labute approximate surface area is 149 Å². The Morgan fingerprint density at radius 2 is 1.88 bits per heavy atom. The van der Waals surface area contributed by atoms with E-state index in [0.717, 1.165) is 44.8 Å². The van der Waals surface area contributed by atoms with Gasteiger partial charge in [0.2, 0.25) is 0 Å². The van der Waals surface area contributed by atoms with Crippen molar-refractivity contribution >= 4 is 5.91 Å². The van der Waals surface area contributed by atoms with Gasteiger partial charge in [-0.05, 0) is 49.5 Å². The molecular formula is C21H26N2O2. The Bertz CT molecular complexity index is 759. The van der Waals surface area contributed by atoms with E-state index in [1.165, 1.54) is 29.5 Å². The summed E-state index contributed by atoms with van der Waals surface area (Å²) in [5, 5.41) is 0. The van der Waals surface area contributed by atoms with E-state index in [9.17, 15) is 4.79 Å². The normalized spacial score (nSPS) is 17.7. The first-order chi connectivity index (χ1) is 12.2. The second kappa shape index (κ2) is 7.04. The van der Waals surface area contributed by atoms with E-state index in [1.807, 2.05) is 17.0 Å². The van der Waals surface area contributed by atoms with Crippen LogP contribution in [0.2, 0.25) is 0 Å². The van der Waals surface area contributed by atoms with Crippen molar-refractivity contribution in [3.8, 4) is 0 Å². The zero-order valence-corrected chi connectivity index (χ0v) is 15.0. The first kappa shape index (κ1) is 16.4. The molecule has 0 radical (unpaired) electrons. The second-order valence-electron chi connectivity index (χ2n) is 7.14. The van der Waals surface area contributed by atoms with Gasteiger partial charge < -0.3 is 9.32 Å². The fourth-order valence-corrected chi connectivity index (χ4v) is 4.01. The van der Waals surface area contributed by atoms with Gasteiger partial charge in [0, 0.05) is 31.6 Å². The SMILES string of the molecule is CCc1oc(C(=O)N2CCc3ccccc3C2)cc1CN1CCCC1. The predicted octanol–water partition coefficient (Wildman–Crippen LogP) is 3.64. The minimum atomic E-state index is 0.0249. The minimum Gasteiger partial charge on any atom is -0.456 e. The van der Waals surface area contributed by atoms with E-state index >= 15 is 0 Å². The zero-order valence-electron chi connectivity index (χ0n) is 15.0. The molecule has 2 aromatic rings. The Kier molecular flexibility index (Phi) is 4.62. The van der Waals surface area contributed by atoms with E-state index in [0.29, 0.717) is 12.3 Å². The number of carbonyl (C=O) groups excluding carboxylic acids is 1. The van der Waals surface area contributed by atoms with Crippen molar-refractivity contribution in [1.82, 2.24) is 9.80 Å². The van der Waals surface area contributed by atoms with E-state index < -0.39 is 0 Å². The number of furan rings is 1. The van der Waals surface area contributed by atoms with Gasteiger partial charge in [-0.1, -0.05) is 31.2 Å². The fraction of sp³-hybridized carbons (Fsp3) is 0.476. The molecule has 1 amide bonds. The molecule has 3 heterocycles. The molecule has 0 N–H and O–H groups in total. The van der Waals surface area contributed by atoms with Gasteiger partial charge in [-0.15, -0.1) is 0 Å². The number of carbonyl (C=O) groups is 1. The Balaban J connectivity index is 1.51. The Hall–Kier alpha value is -2.07. The summed E-state index contributed by atoms with van der Waals surface area (Å²) in [6.45, 7) is 6.75. The van der Waals surface area contributed by atoms with Crippen LogP contribution in [0.1, 0.15) is 52.8 Å². The molecule has 0 atom stereocenters. The molecule has 132 valence electrons. The van der Waals surface area contributed by atoms with Gasteiger partial charge in [0.1, 0.15) is 5.76 Å². The monoisotopic (exact) mass is 338 g/mol. The molecule has 2 aliphatic heterocycles. The number of likely N-dealkylation sites (tertiary alicyclic amines) is 1. The maximum atomic E-state index is 12.9. The lowest BCUT2D eigenvalue weighted by Crippen LogP contribution is -2.35. The number of aryl methyl sites for hydroxylation is 1. The number of fused-ring (bicyclic) bond motifs is 1. The highest BCUT2D eigenvalue weighted by atomic mass is 16.4. The van der Waals surface area contributed by atoms with Crippen LogP contribution in [-0.2, 0) is 25.9 Å². The first-order valence-electron chi connectivity index (χ1n) is 9.44. The molecule has 1 saturated heterocycles. The third-order valence-electron chi connectivity index (χ3n) is 5.44. The fourth-order valence-electron chi connectivity index (χ4n) is 4.01. The van der Waals surface area contributed by atoms with Crippen molar-refractivity contribution in [3.05, 3.63) is 58.5 Å². The highest BCUT2D eigenvalue weighted by molar-refractivity contribution is 5.92. The smallest absolute Gasteiger partial charge is 0.289 e. The molecule has 0 aliphatic carbocycles. The van der Waals surface area contributed by atoms with Crippen LogP contribution in [0.25, 0.3) is 0 Å². The summed E-state index contributed by atoms with van der Waals surface area (Å²) >= 11 is 0. The molecule has 1 fully saturated rings. The lowest BCUT2D eigenvalue weighted by atomic mass is 10.00. The van der Waals surface area contributed by atoms with Gasteiger partial charge in [0.15, 0.2) is 5.76 Å². The summed E-state index contributed by atoms with van der Waals surface area (Å²) < 4.78 is 5.96. The third-order valence-corrected chi connectivity index (χ3v) is 5.44. The van der Waals surface area contributed by atoms with E-state index in [-0.39, 0.29) is 5.91 Å². The van der Waals surface area contributed by atoms with Crippen LogP contribution in [-0.4, -0.2) is 35.3 Å². The van der Waals surface area contributed by atoms with Crippen LogP contribution < -0.4 is 0 Å². The number of rotatable bonds is 4. The summed E-state index contributed by atoms with van der Waals surface area (Å²) in [5.74, 6) is 1.50. The van der Waals surface area contributed by atoms with Gasteiger partial charge in [0.25, 0.3) is 5.91 Å². The topological polar surface area (TPSA) is 36.7 Å². The van der Waals surface area contributed by atoms with Gasteiger partial charge in [0.05, 0.1) is 0 Å². The largest absolute Gasteiger partial charge is 0.456 e. The van der Waals surface area contributed by atoms with Crippen molar-refractivity contribution in [3.63, 3.8) is 0 Å². The zero-order chi connectivity index (χ0) is 17.2. The number of nitrogens with zero attached hydrogens (tertiary/aromatic N) is 2. The van der Waals surface area contributed by atoms with Crippen molar-refractivity contribution in [1.29, 1.82) is 0 Å². The number of hydrogen-bond donors (Lipinski definition) is 0. The highest BCUT2D eigenvalue weighted by Crippen LogP contribution is 2.24. The van der Waals surface area contributed by atoms with Crippen LogP contribution in [0.15, 0.2) is 34.7 Å². The van der Waals surface area contributed by atoms with Crippen molar-refractivity contribution < 1.29 is 9.21 Å². The minimum absolute atomic E-state index is 0.0249. The summed E-state index contributed by atoms with van der Waals surface area (Å²) in [7, 11) is 0. The third kappa shape index (κ3) is 3.36. The van der Waals surface area contributed by atoms with Crippen LogP contribution in [0.4, 0.5) is 0 Å². The average molecular weight is 338 g/mol. The molecule has 2 aliphatic rings. The Morgan fingerprint density at radius 1 is 1.12 bits per heavy atom. The number of hydrogen-bond acceptors (Lipinski definition) is 3. The summed E-state index contributed by atoms with van der Waals surface area (Å²) in [6.07, 6.45) is 4.31. The molecule has 0 spiro atoms.